The lowest BCUT2D eigenvalue weighted by molar-refractivity contribution is -0.132. The molecular weight excluding hydrogens is 208 g/mol. The molecule has 1 aromatic rings. The third-order valence-corrected chi connectivity index (χ3v) is 2.84. The number of hydrogen-bond donors (Lipinski definition) is 1. The van der Waals surface area contributed by atoms with Gasteiger partial charge in [-0.15, -0.1) is 17.9 Å². The molecule has 0 spiro atoms. The third-order valence-electron chi connectivity index (χ3n) is 1.98. The van der Waals surface area contributed by atoms with Gasteiger partial charge in [0.2, 0.25) is 5.91 Å². The molecule has 0 aliphatic carbocycles. The molecule has 0 saturated heterocycles. The number of thiophene rings is 1. The molecule has 0 radical (unpaired) electrons. The van der Waals surface area contributed by atoms with Crippen LogP contribution in [-0.2, 0) is 11.3 Å². The summed E-state index contributed by atoms with van der Waals surface area (Å²) in [5, 5.41) is 2.00. The molecule has 1 heterocycles. The Balaban J connectivity index is 2.66. The minimum atomic E-state index is -0.454. The quantitative estimate of drug-likeness (QED) is 0.772. The van der Waals surface area contributed by atoms with Gasteiger partial charge in [-0.2, -0.15) is 0 Å². The van der Waals surface area contributed by atoms with E-state index in [1.54, 1.807) is 29.2 Å². The molecule has 1 rings (SSSR count). The van der Waals surface area contributed by atoms with Crippen LogP contribution in [0.25, 0.3) is 0 Å². The summed E-state index contributed by atoms with van der Waals surface area (Å²) in [4.78, 5) is 14.6. The van der Waals surface area contributed by atoms with E-state index in [0.717, 1.165) is 4.88 Å². The second kappa shape index (κ2) is 5.68. The number of rotatable bonds is 5. The van der Waals surface area contributed by atoms with Crippen LogP contribution in [-0.4, -0.2) is 23.4 Å². The summed E-state index contributed by atoms with van der Waals surface area (Å²) in [7, 11) is 0. The molecular formula is C11H16N2OS. The monoisotopic (exact) mass is 224 g/mol. The SMILES string of the molecule is C=CCN(Cc1cccs1)C(=O)[C@H](C)N. The summed E-state index contributed by atoms with van der Waals surface area (Å²) < 4.78 is 0. The number of carbonyl (C=O) groups excluding carboxylic acids is 1. The van der Waals surface area contributed by atoms with E-state index in [1.165, 1.54) is 0 Å². The second-order valence-electron chi connectivity index (χ2n) is 3.38. The van der Waals surface area contributed by atoms with Crippen LogP contribution in [0.2, 0.25) is 0 Å². The van der Waals surface area contributed by atoms with Crippen molar-refractivity contribution in [1.29, 1.82) is 0 Å². The maximum absolute atomic E-state index is 11.7. The van der Waals surface area contributed by atoms with Gasteiger partial charge < -0.3 is 10.6 Å². The van der Waals surface area contributed by atoms with Gasteiger partial charge in [-0.25, -0.2) is 0 Å². The Bertz CT molecular complexity index is 319. The molecule has 82 valence electrons. The molecule has 1 aromatic heterocycles. The van der Waals surface area contributed by atoms with Crippen molar-refractivity contribution in [3.63, 3.8) is 0 Å². The first kappa shape index (κ1) is 11.9. The van der Waals surface area contributed by atoms with Crippen LogP contribution in [0.3, 0.4) is 0 Å². The Kier molecular flexibility index (Phi) is 4.52. The first-order valence-electron chi connectivity index (χ1n) is 4.82. The van der Waals surface area contributed by atoms with Crippen molar-refractivity contribution in [2.45, 2.75) is 19.5 Å². The van der Waals surface area contributed by atoms with Gasteiger partial charge >= 0.3 is 0 Å². The zero-order valence-corrected chi connectivity index (χ0v) is 9.67. The van der Waals surface area contributed by atoms with E-state index in [4.69, 9.17) is 5.73 Å². The molecule has 15 heavy (non-hydrogen) atoms. The average molecular weight is 224 g/mol. The van der Waals surface area contributed by atoms with Crippen molar-refractivity contribution in [2.24, 2.45) is 5.73 Å². The maximum Gasteiger partial charge on any atom is 0.239 e. The van der Waals surface area contributed by atoms with Gasteiger partial charge in [0, 0.05) is 11.4 Å². The van der Waals surface area contributed by atoms with Crippen molar-refractivity contribution < 1.29 is 4.79 Å². The van der Waals surface area contributed by atoms with Crippen LogP contribution < -0.4 is 5.73 Å². The first-order chi connectivity index (χ1) is 7.15. The van der Waals surface area contributed by atoms with Crippen LogP contribution in [0.15, 0.2) is 30.2 Å². The average Bonchev–Trinajstić information content (AvgIpc) is 2.68. The number of amides is 1. The van der Waals surface area contributed by atoms with Crippen LogP contribution >= 0.6 is 11.3 Å². The fourth-order valence-electron chi connectivity index (χ4n) is 1.27. The summed E-state index contributed by atoms with van der Waals surface area (Å²) in [6.45, 7) is 6.50. The molecule has 0 aromatic carbocycles. The van der Waals surface area contributed by atoms with E-state index in [9.17, 15) is 4.79 Å². The fraction of sp³-hybridized carbons (Fsp3) is 0.364. The largest absolute Gasteiger partial charge is 0.333 e. The van der Waals surface area contributed by atoms with Gasteiger partial charge in [-0.3, -0.25) is 4.79 Å². The van der Waals surface area contributed by atoms with Crippen molar-refractivity contribution in [2.75, 3.05) is 6.54 Å². The van der Waals surface area contributed by atoms with Crippen molar-refractivity contribution in [3.8, 4) is 0 Å². The summed E-state index contributed by atoms with van der Waals surface area (Å²) in [6.07, 6.45) is 1.72. The van der Waals surface area contributed by atoms with Gasteiger partial charge in [-0.1, -0.05) is 12.1 Å². The first-order valence-corrected chi connectivity index (χ1v) is 5.70. The van der Waals surface area contributed by atoms with Crippen LogP contribution in [0.5, 0.6) is 0 Å². The summed E-state index contributed by atoms with van der Waals surface area (Å²) in [5.74, 6) is -0.0386. The molecule has 1 amide bonds. The second-order valence-corrected chi connectivity index (χ2v) is 4.41. The number of hydrogen-bond acceptors (Lipinski definition) is 3. The van der Waals surface area contributed by atoms with Gasteiger partial charge in [0.25, 0.3) is 0 Å². The van der Waals surface area contributed by atoms with Crippen molar-refractivity contribution in [1.82, 2.24) is 4.90 Å². The Hall–Kier alpha value is -1.13. The number of carbonyl (C=O) groups is 1. The van der Waals surface area contributed by atoms with E-state index in [1.807, 2.05) is 17.5 Å². The van der Waals surface area contributed by atoms with E-state index in [0.29, 0.717) is 13.1 Å². The summed E-state index contributed by atoms with van der Waals surface area (Å²) in [5.41, 5.74) is 5.57. The normalized spacial score (nSPS) is 12.1. The topological polar surface area (TPSA) is 46.3 Å². The highest BCUT2D eigenvalue weighted by Gasteiger charge is 2.16. The standard InChI is InChI=1S/C11H16N2OS/c1-3-6-13(11(14)9(2)12)8-10-5-4-7-15-10/h3-5,7,9H,1,6,8,12H2,2H3/t9-/m0/s1. The highest BCUT2D eigenvalue weighted by molar-refractivity contribution is 7.09. The predicted molar refractivity (Wildman–Crippen MR) is 63.6 cm³/mol. The van der Waals surface area contributed by atoms with E-state index in [-0.39, 0.29) is 5.91 Å². The molecule has 0 unspecified atom stereocenters. The van der Waals surface area contributed by atoms with Crippen LogP contribution in [0.1, 0.15) is 11.8 Å². The van der Waals surface area contributed by atoms with Gasteiger partial charge in [0.15, 0.2) is 0 Å². The van der Waals surface area contributed by atoms with Gasteiger partial charge in [0.05, 0.1) is 12.6 Å². The van der Waals surface area contributed by atoms with Gasteiger partial charge in [0.1, 0.15) is 0 Å². The molecule has 0 saturated carbocycles. The number of nitrogens with two attached hydrogens (primary N) is 1. The molecule has 0 aliphatic rings. The zero-order valence-electron chi connectivity index (χ0n) is 8.85. The molecule has 2 N–H and O–H groups in total. The summed E-state index contributed by atoms with van der Waals surface area (Å²) in [6, 6.07) is 3.53. The molecule has 3 nitrogen and oxygen atoms in total. The van der Waals surface area contributed by atoms with Crippen molar-refractivity contribution >= 4 is 17.2 Å². The zero-order chi connectivity index (χ0) is 11.3. The molecule has 1 atom stereocenters. The smallest absolute Gasteiger partial charge is 0.239 e. The highest BCUT2D eigenvalue weighted by Crippen LogP contribution is 2.12. The van der Waals surface area contributed by atoms with Crippen LogP contribution in [0, 0.1) is 0 Å². The lowest BCUT2D eigenvalue weighted by atomic mass is 10.3. The Labute approximate surface area is 94.2 Å². The molecule has 0 fully saturated rings. The Morgan fingerprint density at radius 2 is 2.53 bits per heavy atom. The third kappa shape index (κ3) is 3.49. The fourth-order valence-corrected chi connectivity index (χ4v) is 1.99. The highest BCUT2D eigenvalue weighted by atomic mass is 32.1. The maximum atomic E-state index is 11.7. The molecule has 0 aliphatic heterocycles. The number of nitrogens with zero attached hydrogens (tertiary/aromatic N) is 1. The van der Waals surface area contributed by atoms with E-state index in [2.05, 4.69) is 6.58 Å². The minimum absolute atomic E-state index is 0.0386. The lowest BCUT2D eigenvalue weighted by Crippen LogP contribution is -2.41. The molecule has 0 bridgehead atoms. The van der Waals surface area contributed by atoms with Crippen LogP contribution in [0.4, 0.5) is 0 Å². The lowest BCUT2D eigenvalue weighted by Gasteiger charge is -2.22. The van der Waals surface area contributed by atoms with Crippen molar-refractivity contribution in [3.05, 3.63) is 35.0 Å². The molecule has 4 heteroatoms. The Morgan fingerprint density at radius 1 is 1.80 bits per heavy atom. The minimum Gasteiger partial charge on any atom is -0.333 e. The van der Waals surface area contributed by atoms with Gasteiger partial charge in [-0.05, 0) is 18.4 Å². The van der Waals surface area contributed by atoms with E-state index < -0.39 is 6.04 Å². The Morgan fingerprint density at radius 3 is 3.00 bits per heavy atom. The predicted octanol–water partition coefficient (Wildman–Crippen LogP) is 1.61. The van der Waals surface area contributed by atoms with E-state index >= 15 is 0 Å². The summed E-state index contributed by atoms with van der Waals surface area (Å²) >= 11 is 1.64.